The molecule has 148 valence electrons. The average Bonchev–Trinajstić information content (AvgIpc) is 2.72. The Morgan fingerprint density at radius 3 is 2.43 bits per heavy atom. The number of carbonyl (C=O) groups is 2. The summed E-state index contributed by atoms with van der Waals surface area (Å²) in [5.41, 5.74) is 1.54. The molecule has 1 amide bonds. The molecular formula is C21H23ClN2O4. The van der Waals surface area contributed by atoms with E-state index < -0.39 is 12.6 Å². The molecule has 1 heterocycles. The van der Waals surface area contributed by atoms with Gasteiger partial charge in [0.25, 0.3) is 5.91 Å². The zero-order valence-electron chi connectivity index (χ0n) is 15.7. The fourth-order valence-electron chi connectivity index (χ4n) is 3.39. The minimum absolute atomic E-state index is 0.0172. The fraction of sp³-hybridized carbons (Fsp3) is 0.333. The highest BCUT2D eigenvalue weighted by Gasteiger charge is 2.27. The van der Waals surface area contributed by atoms with E-state index >= 15 is 0 Å². The van der Waals surface area contributed by atoms with Gasteiger partial charge in [-0.15, -0.1) is 0 Å². The van der Waals surface area contributed by atoms with Crippen LogP contribution in [0.4, 0.5) is 0 Å². The highest BCUT2D eigenvalue weighted by atomic mass is 35.5. The summed E-state index contributed by atoms with van der Waals surface area (Å²) >= 11 is 6.15. The highest BCUT2D eigenvalue weighted by Crippen LogP contribution is 2.32. The Hall–Kier alpha value is -2.57. The van der Waals surface area contributed by atoms with Gasteiger partial charge in [-0.3, -0.25) is 9.69 Å². The number of piperazine rings is 1. The summed E-state index contributed by atoms with van der Waals surface area (Å²) < 4.78 is 5.43. The molecule has 1 atom stereocenters. The molecule has 0 aromatic heterocycles. The van der Waals surface area contributed by atoms with E-state index in [0.29, 0.717) is 42.5 Å². The number of halogens is 1. The van der Waals surface area contributed by atoms with Gasteiger partial charge in [0.05, 0.1) is 0 Å². The maximum Gasteiger partial charge on any atom is 0.341 e. The van der Waals surface area contributed by atoms with Crippen LogP contribution in [0, 0.1) is 0 Å². The molecular weight excluding hydrogens is 380 g/mol. The first-order chi connectivity index (χ1) is 13.5. The van der Waals surface area contributed by atoms with E-state index in [9.17, 15) is 9.59 Å². The van der Waals surface area contributed by atoms with Crippen molar-refractivity contribution in [2.24, 2.45) is 0 Å². The van der Waals surface area contributed by atoms with Gasteiger partial charge < -0.3 is 14.7 Å². The molecule has 3 rings (SSSR count). The molecule has 1 aliphatic heterocycles. The lowest BCUT2D eigenvalue weighted by atomic mass is 10.0. The van der Waals surface area contributed by atoms with Gasteiger partial charge in [0.1, 0.15) is 5.75 Å². The molecule has 0 bridgehead atoms. The first kappa shape index (κ1) is 20.2. The first-order valence-corrected chi connectivity index (χ1v) is 9.56. The van der Waals surface area contributed by atoms with Gasteiger partial charge in [-0.2, -0.15) is 0 Å². The molecule has 1 saturated heterocycles. The standard InChI is InChI=1S/C21H23ClN2O4/c1-15(18-13-17(22)7-8-19(18)28-14-20(25)26)23-9-11-24(12-10-23)21(27)16-5-3-2-4-6-16/h2-8,13,15H,9-12,14H2,1H3,(H,25,26). The van der Waals surface area contributed by atoms with Crippen molar-refractivity contribution in [3.05, 3.63) is 64.7 Å². The second-order valence-electron chi connectivity index (χ2n) is 6.73. The molecule has 0 aliphatic carbocycles. The van der Waals surface area contributed by atoms with Crippen molar-refractivity contribution in [3.63, 3.8) is 0 Å². The number of hydrogen-bond acceptors (Lipinski definition) is 4. The Bertz CT molecular complexity index is 836. The average molecular weight is 403 g/mol. The number of hydrogen-bond donors (Lipinski definition) is 1. The lowest BCUT2D eigenvalue weighted by molar-refractivity contribution is -0.139. The Balaban J connectivity index is 1.66. The van der Waals surface area contributed by atoms with Crippen molar-refractivity contribution >= 4 is 23.5 Å². The second-order valence-corrected chi connectivity index (χ2v) is 7.17. The normalized spacial score (nSPS) is 15.9. The van der Waals surface area contributed by atoms with E-state index in [-0.39, 0.29) is 11.9 Å². The number of ether oxygens (including phenoxy) is 1. The summed E-state index contributed by atoms with van der Waals surface area (Å²) in [5, 5.41) is 9.46. The topological polar surface area (TPSA) is 70.1 Å². The third kappa shape index (κ3) is 4.82. The largest absolute Gasteiger partial charge is 0.482 e. The predicted molar refractivity (Wildman–Crippen MR) is 107 cm³/mol. The first-order valence-electron chi connectivity index (χ1n) is 9.18. The van der Waals surface area contributed by atoms with Crippen molar-refractivity contribution in [1.82, 2.24) is 9.80 Å². The minimum atomic E-state index is -1.03. The number of nitrogens with zero attached hydrogens (tertiary/aromatic N) is 2. The van der Waals surface area contributed by atoms with Gasteiger partial charge >= 0.3 is 5.97 Å². The van der Waals surface area contributed by atoms with Gasteiger partial charge in [-0.1, -0.05) is 29.8 Å². The zero-order chi connectivity index (χ0) is 20.1. The van der Waals surface area contributed by atoms with Crippen LogP contribution in [0.15, 0.2) is 48.5 Å². The van der Waals surface area contributed by atoms with Crippen LogP contribution in [0.2, 0.25) is 5.02 Å². The van der Waals surface area contributed by atoms with E-state index in [1.165, 1.54) is 0 Å². The predicted octanol–water partition coefficient (Wildman–Crippen LogP) is 3.32. The van der Waals surface area contributed by atoms with Crippen molar-refractivity contribution in [3.8, 4) is 5.75 Å². The number of carbonyl (C=O) groups excluding carboxylic acids is 1. The molecule has 1 fully saturated rings. The van der Waals surface area contributed by atoms with Crippen molar-refractivity contribution in [2.45, 2.75) is 13.0 Å². The van der Waals surface area contributed by atoms with Crippen LogP contribution < -0.4 is 4.74 Å². The third-order valence-corrected chi connectivity index (χ3v) is 5.18. The van der Waals surface area contributed by atoms with Crippen LogP contribution in [-0.2, 0) is 4.79 Å². The van der Waals surface area contributed by atoms with Gasteiger partial charge in [0.2, 0.25) is 0 Å². The summed E-state index contributed by atoms with van der Waals surface area (Å²) in [6.07, 6.45) is 0. The minimum Gasteiger partial charge on any atom is -0.482 e. The van der Waals surface area contributed by atoms with E-state index in [0.717, 1.165) is 5.56 Å². The summed E-state index contributed by atoms with van der Waals surface area (Å²) in [6, 6.07) is 14.5. The lowest BCUT2D eigenvalue weighted by Crippen LogP contribution is -2.49. The van der Waals surface area contributed by atoms with Gasteiger partial charge in [0.15, 0.2) is 6.61 Å². The smallest absolute Gasteiger partial charge is 0.341 e. The van der Waals surface area contributed by atoms with Crippen LogP contribution in [0.5, 0.6) is 5.75 Å². The van der Waals surface area contributed by atoms with Crippen LogP contribution in [0.3, 0.4) is 0 Å². The van der Waals surface area contributed by atoms with Crippen LogP contribution >= 0.6 is 11.6 Å². The summed E-state index contributed by atoms with van der Waals surface area (Å²) in [4.78, 5) is 27.6. The van der Waals surface area contributed by atoms with E-state index in [2.05, 4.69) is 4.90 Å². The van der Waals surface area contributed by atoms with Gasteiger partial charge in [0, 0.05) is 48.4 Å². The summed E-state index contributed by atoms with van der Waals surface area (Å²) in [7, 11) is 0. The maximum absolute atomic E-state index is 12.6. The summed E-state index contributed by atoms with van der Waals surface area (Å²) in [5.74, 6) is -0.468. The molecule has 2 aromatic carbocycles. The molecule has 1 N–H and O–H groups in total. The molecule has 7 heteroatoms. The monoisotopic (exact) mass is 402 g/mol. The quantitative estimate of drug-likeness (QED) is 0.802. The molecule has 0 saturated carbocycles. The number of benzene rings is 2. The fourth-order valence-corrected chi connectivity index (χ4v) is 3.57. The second kappa shape index (κ2) is 9.08. The highest BCUT2D eigenvalue weighted by molar-refractivity contribution is 6.30. The maximum atomic E-state index is 12.6. The van der Waals surface area contributed by atoms with Crippen LogP contribution in [-0.4, -0.2) is 59.6 Å². The Kier molecular flexibility index (Phi) is 6.54. The van der Waals surface area contributed by atoms with Gasteiger partial charge in [-0.05, 0) is 37.3 Å². The van der Waals surface area contributed by atoms with Crippen LogP contribution in [0.25, 0.3) is 0 Å². The van der Waals surface area contributed by atoms with E-state index in [4.69, 9.17) is 21.4 Å². The Labute approximate surface area is 169 Å². The molecule has 0 spiro atoms. The molecule has 2 aromatic rings. The molecule has 1 unspecified atom stereocenters. The Morgan fingerprint density at radius 1 is 1.11 bits per heavy atom. The number of amides is 1. The van der Waals surface area contributed by atoms with Gasteiger partial charge in [-0.25, -0.2) is 4.79 Å². The van der Waals surface area contributed by atoms with Crippen LogP contribution in [0.1, 0.15) is 28.9 Å². The zero-order valence-corrected chi connectivity index (χ0v) is 16.4. The van der Waals surface area contributed by atoms with Crippen molar-refractivity contribution in [1.29, 1.82) is 0 Å². The third-order valence-electron chi connectivity index (χ3n) is 4.94. The van der Waals surface area contributed by atoms with Crippen molar-refractivity contribution < 1.29 is 19.4 Å². The van der Waals surface area contributed by atoms with E-state index in [1.807, 2.05) is 48.2 Å². The molecule has 1 aliphatic rings. The summed E-state index contributed by atoms with van der Waals surface area (Å²) in [6.45, 7) is 4.32. The lowest BCUT2D eigenvalue weighted by Gasteiger charge is -2.38. The Morgan fingerprint density at radius 2 is 1.79 bits per heavy atom. The number of carboxylic acids is 1. The SMILES string of the molecule is CC(c1cc(Cl)ccc1OCC(=O)O)N1CCN(C(=O)c2ccccc2)CC1. The number of rotatable bonds is 6. The number of aliphatic carboxylic acids is 1. The molecule has 28 heavy (non-hydrogen) atoms. The van der Waals surface area contributed by atoms with Crippen molar-refractivity contribution in [2.75, 3.05) is 32.8 Å². The van der Waals surface area contributed by atoms with E-state index in [1.54, 1.807) is 12.1 Å². The molecule has 6 nitrogen and oxygen atoms in total. The molecule has 0 radical (unpaired) electrons. The number of carboxylic acid groups (broad SMARTS) is 1.